The van der Waals surface area contributed by atoms with Gasteiger partial charge in [-0.05, 0) is 25.0 Å². The van der Waals surface area contributed by atoms with Crippen LogP contribution in [0.2, 0.25) is 0 Å². The van der Waals surface area contributed by atoms with Gasteiger partial charge in [-0.25, -0.2) is 0 Å². The van der Waals surface area contributed by atoms with Gasteiger partial charge in [0.2, 0.25) is 0 Å². The number of para-hydroxylation sites is 1. The van der Waals surface area contributed by atoms with E-state index in [1.54, 1.807) is 18.2 Å². The number of rotatable bonds is 5. The number of aliphatic hydroxyl groups is 1. The molecule has 0 fully saturated rings. The summed E-state index contributed by atoms with van der Waals surface area (Å²) < 4.78 is 5.36. The van der Waals surface area contributed by atoms with Crippen molar-refractivity contribution in [1.82, 2.24) is 0 Å². The summed E-state index contributed by atoms with van der Waals surface area (Å²) >= 11 is 0. The van der Waals surface area contributed by atoms with E-state index in [2.05, 4.69) is 0 Å². The van der Waals surface area contributed by atoms with E-state index in [4.69, 9.17) is 4.74 Å². The molecule has 0 aliphatic rings. The highest BCUT2D eigenvalue weighted by Gasteiger charge is 2.23. The molecule has 16 heavy (non-hydrogen) atoms. The molecular weight excluding hydrogens is 204 g/mol. The van der Waals surface area contributed by atoms with Crippen LogP contribution in [0.5, 0.6) is 5.75 Å². The highest BCUT2D eigenvalue weighted by atomic mass is 16.5. The van der Waals surface area contributed by atoms with Crippen LogP contribution in [0.1, 0.15) is 31.1 Å². The molecule has 0 saturated carbocycles. The minimum atomic E-state index is -0.971. The average Bonchev–Trinajstić information content (AvgIpc) is 2.28. The third kappa shape index (κ3) is 2.83. The summed E-state index contributed by atoms with van der Waals surface area (Å²) in [5.41, 5.74) is 0.450. The van der Waals surface area contributed by atoms with Crippen molar-refractivity contribution in [2.45, 2.75) is 26.9 Å². The zero-order chi connectivity index (χ0) is 12.1. The zero-order valence-electron chi connectivity index (χ0n) is 9.93. The van der Waals surface area contributed by atoms with Crippen molar-refractivity contribution in [2.24, 2.45) is 5.92 Å². The number of hydrogen-bond donors (Lipinski definition) is 1. The van der Waals surface area contributed by atoms with Gasteiger partial charge in [-0.15, -0.1) is 0 Å². The number of aliphatic hydroxyl groups excluding tert-OH is 1. The van der Waals surface area contributed by atoms with Gasteiger partial charge >= 0.3 is 0 Å². The number of hydrogen-bond acceptors (Lipinski definition) is 3. The van der Waals surface area contributed by atoms with E-state index in [1.165, 1.54) is 0 Å². The molecule has 0 aromatic heterocycles. The van der Waals surface area contributed by atoms with Crippen LogP contribution in [0.3, 0.4) is 0 Å². The molecule has 88 valence electrons. The molecule has 3 nitrogen and oxygen atoms in total. The van der Waals surface area contributed by atoms with Gasteiger partial charge in [0.25, 0.3) is 0 Å². The largest absolute Gasteiger partial charge is 0.493 e. The van der Waals surface area contributed by atoms with Crippen LogP contribution in [0.4, 0.5) is 0 Å². The number of benzene rings is 1. The van der Waals surface area contributed by atoms with Crippen molar-refractivity contribution in [3.05, 3.63) is 29.8 Å². The molecule has 1 unspecified atom stereocenters. The maximum atomic E-state index is 12.0. The Labute approximate surface area is 96.1 Å². The van der Waals surface area contributed by atoms with Crippen LogP contribution < -0.4 is 4.74 Å². The molecule has 0 aliphatic heterocycles. The highest BCUT2D eigenvalue weighted by molar-refractivity contribution is 6.01. The molecule has 1 aromatic rings. The quantitative estimate of drug-likeness (QED) is 0.777. The maximum Gasteiger partial charge on any atom is 0.195 e. The molecule has 1 aromatic carbocycles. The van der Waals surface area contributed by atoms with Gasteiger partial charge in [0, 0.05) is 0 Å². The molecular formula is C13H18O3. The van der Waals surface area contributed by atoms with Crippen molar-refractivity contribution >= 4 is 5.78 Å². The lowest BCUT2D eigenvalue weighted by Gasteiger charge is -2.15. The third-order valence-electron chi connectivity index (χ3n) is 2.35. The lowest BCUT2D eigenvalue weighted by atomic mass is 9.97. The molecule has 1 atom stereocenters. The van der Waals surface area contributed by atoms with E-state index >= 15 is 0 Å². The van der Waals surface area contributed by atoms with Gasteiger partial charge in [-0.1, -0.05) is 26.0 Å². The monoisotopic (exact) mass is 222 g/mol. The Balaban J connectivity index is 2.98. The number of carbonyl (C=O) groups is 1. The number of ether oxygens (including phenoxy) is 1. The van der Waals surface area contributed by atoms with E-state index in [1.807, 2.05) is 26.8 Å². The van der Waals surface area contributed by atoms with E-state index in [-0.39, 0.29) is 11.7 Å². The van der Waals surface area contributed by atoms with Gasteiger partial charge in [-0.2, -0.15) is 0 Å². The minimum absolute atomic E-state index is 0.0952. The Morgan fingerprint density at radius 1 is 1.38 bits per heavy atom. The fourth-order valence-corrected chi connectivity index (χ4v) is 1.41. The molecule has 0 amide bonds. The first-order valence-corrected chi connectivity index (χ1v) is 5.52. The third-order valence-corrected chi connectivity index (χ3v) is 2.35. The second-order valence-electron chi connectivity index (χ2n) is 3.98. The second kappa shape index (κ2) is 5.66. The standard InChI is InChI=1S/C13H18O3/c1-4-16-11-8-6-5-7-10(11)13(15)12(14)9(2)3/h5-9,12,14H,4H2,1-3H3. The highest BCUT2D eigenvalue weighted by Crippen LogP contribution is 2.21. The van der Waals surface area contributed by atoms with Crippen LogP contribution >= 0.6 is 0 Å². The summed E-state index contributed by atoms with van der Waals surface area (Å²) in [7, 11) is 0. The van der Waals surface area contributed by atoms with Crippen molar-refractivity contribution < 1.29 is 14.6 Å². The Morgan fingerprint density at radius 2 is 2.00 bits per heavy atom. The summed E-state index contributed by atoms with van der Waals surface area (Å²) in [6.07, 6.45) is -0.971. The summed E-state index contributed by atoms with van der Waals surface area (Å²) in [6, 6.07) is 7.00. The Kier molecular flexibility index (Phi) is 4.50. The lowest BCUT2D eigenvalue weighted by Crippen LogP contribution is -2.26. The van der Waals surface area contributed by atoms with Crippen molar-refractivity contribution in [3.8, 4) is 5.75 Å². The first kappa shape index (κ1) is 12.7. The SMILES string of the molecule is CCOc1ccccc1C(=O)C(O)C(C)C. The molecule has 3 heteroatoms. The van der Waals surface area contributed by atoms with Gasteiger partial charge < -0.3 is 9.84 Å². The first-order chi connectivity index (χ1) is 7.57. The number of ketones is 1. The van der Waals surface area contributed by atoms with Crippen LogP contribution in [0.15, 0.2) is 24.3 Å². The zero-order valence-corrected chi connectivity index (χ0v) is 9.93. The molecule has 0 radical (unpaired) electrons. The van der Waals surface area contributed by atoms with Crippen LogP contribution in [-0.4, -0.2) is 23.6 Å². The summed E-state index contributed by atoms with van der Waals surface area (Å²) in [4.78, 5) is 12.0. The van der Waals surface area contributed by atoms with Crippen molar-refractivity contribution in [3.63, 3.8) is 0 Å². The number of Topliss-reactive ketones (excluding diaryl/α,β-unsaturated/α-hetero) is 1. The minimum Gasteiger partial charge on any atom is -0.493 e. The lowest BCUT2D eigenvalue weighted by molar-refractivity contribution is 0.0644. The average molecular weight is 222 g/mol. The molecule has 0 heterocycles. The van der Waals surface area contributed by atoms with E-state index in [0.717, 1.165) is 0 Å². The van der Waals surface area contributed by atoms with E-state index < -0.39 is 6.10 Å². The fraction of sp³-hybridized carbons (Fsp3) is 0.462. The second-order valence-corrected chi connectivity index (χ2v) is 3.98. The molecule has 0 bridgehead atoms. The van der Waals surface area contributed by atoms with Crippen LogP contribution in [0, 0.1) is 5.92 Å². The normalized spacial score (nSPS) is 12.6. The predicted molar refractivity (Wildman–Crippen MR) is 62.8 cm³/mol. The summed E-state index contributed by atoms with van der Waals surface area (Å²) in [5.74, 6) is 0.163. The fourth-order valence-electron chi connectivity index (χ4n) is 1.41. The van der Waals surface area contributed by atoms with Gasteiger partial charge in [0.1, 0.15) is 11.9 Å². The molecule has 0 saturated heterocycles. The van der Waals surface area contributed by atoms with Crippen LogP contribution in [-0.2, 0) is 0 Å². The topological polar surface area (TPSA) is 46.5 Å². The summed E-state index contributed by atoms with van der Waals surface area (Å²) in [6.45, 7) is 5.99. The van der Waals surface area contributed by atoms with Gasteiger partial charge in [0.05, 0.1) is 12.2 Å². The molecule has 0 spiro atoms. The van der Waals surface area contributed by atoms with Crippen molar-refractivity contribution in [1.29, 1.82) is 0 Å². The smallest absolute Gasteiger partial charge is 0.195 e. The van der Waals surface area contributed by atoms with Crippen molar-refractivity contribution in [2.75, 3.05) is 6.61 Å². The Bertz CT molecular complexity index is 358. The van der Waals surface area contributed by atoms with E-state index in [9.17, 15) is 9.90 Å². The van der Waals surface area contributed by atoms with E-state index in [0.29, 0.717) is 17.9 Å². The molecule has 0 aliphatic carbocycles. The summed E-state index contributed by atoms with van der Waals surface area (Å²) in [5, 5.41) is 9.74. The Hall–Kier alpha value is -1.35. The predicted octanol–water partition coefficient (Wildman–Crippen LogP) is 2.28. The Morgan fingerprint density at radius 3 is 2.56 bits per heavy atom. The van der Waals surface area contributed by atoms with Gasteiger partial charge in [-0.3, -0.25) is 4.79 Å². The molecule has 1 N–H and O–H groups in total. The maximum absolute atomic E-state index is 12.0. The molecule has 1 rings (SSSR count). The number of carbonyl (C=O) groups excluding carboxylic acids is 1. The van der Waals surface area contributed by atoms with Gasteiger partial charge in [0.15, 0.2) is 5.78 Å². The first-order valence-electron chi connectivity index (χ1n) is 5.52. The van der Waals surface area contributed by atoms with Crippen LogP contribution in [0.25, 0.3) is 0 Å².